The minimum atomic E-state index is -1.08. The fourth-order valence-electron chi connectivity index (χ4n) is 1.24. The van der Waals surface area contributed by atoms with Crippen LogP contribution in [-0.4, -0.2) is 17.0 Å². The number of carbonyl (C=O) groups excluding carboxylic acids is 1. The van der Waals surface area contributed by atoms with Crippen LogP contribution < -0.4 is 11.1 Å². The third-order valence-corrected chi connectivity index (χ3v) is 3.34. The standard InChI is InChI=1S/C12H16BrN3O2/c1-7-4-5-9(8(13)6-7)15-11(17)12(2,3)10(14)16-18/h4-6,18H,1-3H3,(H2,14,16)(H,15,17). The van der Waals surface area contributed by atoms with Gasteiger partial charge in [0.25, 0.3) is 0 Å². The molecule has 0 bridgehead atoms. The second-order valence-corrected chi connectivity index (χ2v) is 5.40. The smallest absolute Gasteiger partial charge is 0.237 e. The molecule has 0 aromatic heterocycles. The second-order valence-electron chi connectivity index (χ2n) is 4.55. The van der Waals surface area contributed by atoms with Crippen LogP contribution in [0, 0.1) is 12.3 Å². The zero-order valence-electron chi connectivity index (χ0n) is 10.5. The van der Waals surface area contributed by atoms with Gasteiger partial charge in [-0.1, -0.05) is 11.2 Å². The maximum atomic E-state index is 12.1. The Balaban J connectivity index is 2.95. The first kappa shape index (κ1) is 14.5. The molecule has 0 aliphatic rings. The lowest BCUT2D eigenvalue weighted by molar-refractivity contribution is -0.121. The number of nitrogens with one attached hydrogen (secondary N) is 1. The van der Waals surface area contributed by atoms with Crippen molar-refractivity contribution in [3.63, 3.8) is 0 Å². The van der Waals surface area contributed by atoms with Crippen LogP contribution in [0.15, 0.2) is 27.8 Å². The van der Waals surface area contributed by atoms with Crippen LogP contribution >= 0.6 is 15.9 Å². The largest absolute Gasteiger partial charge is 0.409 e. The van der Waals surface area contributed by atoms with E-state index in [0.29, 0.717) is 5.69 Å². The van der Waals surface area contributed by atoms with E-state index in [0.717, 1.165) is 10.0 Å². The lowest BCUT2D eigenvalue weighted by atomic mass is 9.91. The van der Waals surface area contributed by atoms with Crippen LogP contribution in [0.2, 0.25) is 0 Å². The highest BCUT2D eigenvalue weighted by Gasteiger charge is 2.33. The minimum absolute atomic E-state index is 0.136. The molecule has 0 unspecified atom stereocenters. The highest BCUT2D eigenvalue weighted by Crippen LogP contribution is 2.26. The van der Waals surface area contributed by atoms with E-state index in [2.05, 4.69) is 26.4 Å². The molecule has 18 heavy (non-hydrogen) atoms. The Morgan fingerprint density at radius 2 is 2.11 bits per heavy atom. The zero-order chi connectivity index (χ0) is 13.9. The number of nitrogens with zero attached hydrogens (tertiary/aromatic N) is 1. The zero-order valence-corrected chi connectivity index (χ0v) is 12.1. The highest BCUT2D eigenvalue weighted by molar-refractivity contribution is 9.10. The van der Waals surface area contributed by atoms with Crippen molar-refractivity contribution in [2.24, 2.45) is 16.3 Å². The summed E-state index contributed by atoms with van der Waals surface area (Å²) in [5, 5.41) is 14.3. The molecule has 6 heteroatoms. The average molecular weight is 314 g/mol. The number of carbonyl (C=O) groups is 1. The van der Waals surface area contributed by atoms with Gasteiger partial charge >= 0.3 is 0 Å². The molecular formula is C12H16BrN3O2. The van der Waals surface area contributed by atoms with Crippen LogP contribution in [0.25, 0.3) is 0 Å². The molecule has 1 rings (SSSR count). The van der Waals surface area contributed by atoms with Gasteiger partial charge in [0.1, 0.15) is 5.41 Å². The summed E-state index contributed by atoms with van der Waals surface area (Å²) in [7, 11) is 0. The number of anilines is 1. The molecule has 1 amide bonds. The van der Waals surface area contributed by atoms with Crippen LogP contribution in [0.1, 0.15) is 19.4 Å². The number of rotatable bonds is 3. The van der Waals surface area contributed by atoms with Gasteiger partial charge in [0.2, 0.25) is 5.91 Å². The molecule has 4 N–H and O–H groups in total. The van der Waals surface area contributed by atoms with Crippen LogP contribution in [-0.2, 0) is 4.79 Å². The lowest BCUT2D eigenvalue weighted by Gasteiger charge is -2.22. The van der Waals surface area contributed by atoms with Gasteiger partial charge in [0, 0.05) is 4.47 Å². The summed E-state index contributed by atoms with van der Waals surface area (Å²) in [5.41, 5.74) is 6.13. The van der Waals surface area contributed by atoms with Crippen molar-refractivity contribution >= 4 is 33.4 Å². The molecule has 1 aromatic carbocycles. The molecule has 0 spiro atoms. The van der Waals surface area contributed by atoms with E-state index in [9.17, 15) is 4.79 Å². The summed E-state index contributed by atoms with van der Waals surface area (Å²) < 4.78 is 0.783. The third-order valence-electron chi connectivity index (χ3n) is 2.69. The lowest BCUT2D eigenvalue weighted by Crippen LogP contribution is -2.42. The molecule has 0 saturated carbocycles. The molecule has 0 heterocycles. The number of amides is 1. The summed E-state index contributed by atoms with van der Waals surface area (Å²) in [4.78, 5) is 12.1. The number of hydrogen-bond acceptors (Lipinski definition) is 3. The molecule has 0 radical (unpaired) electrons. The summed E-state index contributed by atoms with van der Waals surface area (Å²) in [6.07, 6.45) is 0. The van der Waals surface area contributed by atoms with Crippen molar-refractivity contribution in [1.82, 2.24) is 0 Å². The van der Waals surface area contributed by atoms with Gasteiger partial charge in [-0.05, 0) is 54.4 Å². The van der Waals surface area contributed by atoms with Gasteiger partial charge in [-0.15, -0.1) is 0 Å². The molecule has 0 aliphatic carbocycles. The summed E-state index contributed by atoms with van der Waals surface area (Å²) in [5.74, 6) is -0.481. The number of aryl methyl sites for hydroxylation is 1. The fourth-order valence-corrected chi connectivity index (χ4v) is 1.83. The number of hydrogen-bond donors (Lipinski definition) is 3. The maximum absolute atomic E-state index is 12.1. The Hall–Kier alpha value is -1.56. The summed E-state index contributed by atoms with van der Waals surface area (Å²) >= 11 is 3.37. The van der Waals surface area contributed by atoms with Gasteiger partial charge in [0.05, 0.1) is 5.69 Å². The molecule has 5 nitrogen and oxygen atoms in total. The molecule has 1 aromatic rings. The van der Waals surface area contributed by atoms with E-state index < -0.39 is 5.41 Å². The number of oxime groups is 1. The second kappa shape index (κ2) is 5.39. The minimum Gasteiger partial charge on any atom is -0.409 e. The molecule has 0 aliphatic heterocycles. The molecular weight excluding hydrogens is 298 g/mol. The van der Waals surface area contributed by atoms with Gasteiger partial charge in [0.15, 0.2) is 5.84 Å². The summed E-state index contributed by atoms with van der Waals surface area (Å²) in [6, 6.07) is 5.57. The first-order valence-electron chi connectivity index (χ1n) is 5.34. The molecule has 0 saturated heterocycles. The highest BCUT2D eigenvalue weighted by atomic mass is 79.9. The first-order chi connectivity index (χ1) is 8.28. The van der Waals surface area contributed by atoms with Crippen LogP contribution in [0.4, 0.5) is 5.69 Å². The van der Waals surface area contributed by atoms with Crippen molar-refractivity contribution in [2.45, 2.75) is 20.8 Å². The number of benzene rings is 1. The average Bonchev–Trinajstić information content (AvgIpc) is 2.31. The maximum Gasteiger partial charge on any atom is 0.237 e. The Morgan fingerprint density at radius 1 is 1.50 bits per heavy atom. The monoisotopic (exact) mass is 313 g/mol. The van der Waals surface area contributed by atoms with E-state index in [1.54, 1.807) is 19.9 Å². The fraction of sp³-hybridized carbons (Fsp3) is 0.333. The predicted molar refractivity (Wildman–Crippen MR) is 74.7 cm³/mol. The molecule has 0 atom stereocenters. The Bertz CT molecular complexity index is 498. The third kappa shape index (κ3) is 3.01. The van der Waals surface area contributed by atoms with Crippen molar-refractivity contribution < 1.29 is 10.0 Å². The number of nitrogens with two attached hydrogens (primary N) is 1. The first-order valence-corrected chi connectivity index (χ1v) is 6.14. The van der Waals surface area contributed by atoms with E-state index in [4.69, 9.17) is 10.9 Å². The van der Waals surface area contributed by atoms with Crippen molar-refractivity contribution in [2.75, 3.05) is 5.32 Å². The Kier molecular flexibility index (Phi) is 4.34. The number of amidine groups is 1. The van der Waals surface area contributed by atoms with Gasteiger partial charge < -0.3 is 16.3 Å². The van der Waals surface area contributed by atoms with Crippen molar-refractivity contribution in [1.29, 1.82) is 0 Å². The van der Waals surface area contributed by atoms with Gasteiger partial charge in [-0.2, -0.15) is 0 Å². The molecule has 98 valence electrons. The molecule has 0 fully saturated rings. The van der Waals surface area contributed by atoms with Gasteiger partial charge in [-0.25, -0.2) is 0 Å². The quantitative estimate of drug-likeness (QED) is 0.347. The predicted octanol–water partition coefficient (Wildman–Crippen LogP) is 2.47. The van der Waals surface area contributed by atoms with E-state index in [-0.39, 0.29) is 11.7 Å². The van der Waals surface area contributed by atoms with Gasteiger partial charge in [-0.3, -0.25) is 4.79 Å². The number of halogens is 1. The van der Waals surface area contributed by atoms with Crippen LogP contribution in [0.5, 0.6) is 0 Å². The van der Waals surface area contributed by atoms with E-state index in [1.165, 1.54) is 0 Å². The van der Waals surface area contributed by atoms with E-state index >= 15 is 0 Å². The van der Waals surface area contributed by atoms with Crippen molar-refractivity contribution in [3.05, 3.63) is 28.2 Å². The normalized spacial score (nSPS) is 12.3. The van der Waals surface area contributed by atoms with E-state index in [1.807, 2.05) is 19.1 Å². The van der Waals surface area contributed by atoms with Crippen molar-refractivity contribution in [3.8, 4) is 0 Å². The SMILES string of the molecule is Cc1ccc(NC(=O)C(C)(C)C(N)=NO)c(Br)c1. The van der Waals surface area contributed by atoms with Crippen LogP contribution in [0.3, 0.4) is 0 Å². The topological polar surface area (TPSA) is 87.7 Å². The Morgan fingerprint density at radius 3 is 2.61 bits per heavy atom. The Labute approximate surface area is 114 Å². The summed E-state index contributed by atoms with van der Waals surface area (Å²) in [6.45, 7) is 5.12.